The van der Waals surface area contributed by atoms with E-state index in [1.54, 1.807) is 0 Å². The summed E-state index contributed by atoms with van der Waals surface area (Å²) in [5, 5.41) is 2.29. The van der Waals surface area contributed by atoms with Gasteiger partial charge in [0.15, 0.2) is 0 Å². The molecule has 0 spiro atoms. The van der Waals surface area contributed by atoms with Crippen molar-refractivity contribution in [3.63, 3.8) is 0 Å². The van der Waals surface area contributed by atoms with Crippen LogP contribution in [0.4, 0.5) is 4.79 Å². The van der Waals surface area contributed by atoms with Crippen molar-refractivity contribution in [3.05, 3.63) is 0 Å². The number of carbonyl (C=O) groups excluding carboxylic acids is 2. The molecule has 6 nitrogen and oxygen atoms in total. The van der Waals surface area contributed by atoms with E-state index in [2.05, 4.69) is 5.32 Å². The molecule has 1 fully saturated rings. The van der Waals surface area contributed by atoms with E-state index in [1.807, 2.05) is 0 Å². The van der Waals surface area contributed by atoms with Crippen molar-refractivity contribution in [1.29, 1.82) is 0 Å². The summed E-state index contributed by atoms with van der Waals surface area (Å²) in [6.07, 6.45) is 1.02. The van der Waals surface area contributed by atoms with Gasteiger partial charge in [0.25, 0.3) is 0 Å². The second-order valence-electron chi connectivity index (χ2n) is 2.59. The van der Waals surface area contributed by atoms with Crippen LogP contribution in [0.25, 0.3) is 0 Å². The van der Waals surface area contributed by atoms with Gasteiger partial charge in [0, 0.05) is 0 Å². The number of imide groups is 1. The van der Waals surface area contributed by atoms with Gasteiger partial charge in [0.1, 0.15) is 6.54 Å². The Balaban J connectivity index is 3.24. The minimum absolute atomic E-state index is 0.0266. The first-order valence-electron chi connectivity index (χ1n) is 3.27. The Labute approximate surface area is 69.8 Å². The Morgan fingerprint density at radius 1 is 1.58 bits per heavy atom. The van der Waals surface area contributed by atoms with Crippen molar-refractivity contribution in [1.82, 2.24) is 5.32 Å². The fourth-order valence-electron chi connectivity index (χ4n) is 1.06. The molecule has 7 heteroatoms. The van der Waals surface area contributed by atoms with Gasteiger partial charge in [-0.15, -0.1) is 0 Å². The monoisotopic (exact) mass is 193 g/mol. The van der Waals surface area contributed by atoms with Crippen LogP contribution in [0.1, 0.15) is 0 Å². The van der Waals surface area contributed by atoms with E-state index in [0.717, 1.165) is 6.26 Å². The number of urea groups is 1. The third kappa shape index (κ3) is 1.01. The summed E-state index contributed by atoms with van der Waals surface area (Å²) in [5.41, 5.74) is 0. The second-order valence-corrected chi connectivity index (χ2v) is 4.71. The van der Waals surface area contributed by atoms with E-state index >= 15 is 0 Å². The highest BCUT2D eigenvalue weighted by molar-refractivity contribution is 7.85. The average molecular weight is 193 g/mol. The molecule has 0 aromatic carbocycles. The molecule has 1 atom stereocenters. The minimum atomic E-state index is -3.71. The van der Waals surface area contributed by atoms with E-state index in [9.17, 15) is 18.0 Å². The summed E-state index contributed by atoms with van der Waals surface area (Å²) in [4.78, 5) is 21.5. The van der Waals surface area contributed by atoms with Gasteiger partial charge >= 0.3 is 22.5 Å². The second kappa shape index (κ2) is 2.53. The zero-order chi connectivity index (χ0) is 9.41. The van der Waals surface area contributed by atoms with Gasteiger partial charge < -0.3 is 0 Å². The molecule has 0 bridgehead atoms. The number of hydrogen-bond acceptors (Lipinski definition) is 4. The molecule has 3 amide bonds. The molecule has 68 valence electrons. The zero-order valence-electron chi connectivity index (χ0n) is 6.48. The highest BCUT2D eigenvalue weighted by atomic mass is 32.2. The van der Waals surface area contributed by atoms with Crippen molar-refractivity contribution in [2.24, 2.45) is 0 Å². The van der Waals surface area contributed by atoms with Gasteiger partial charge in [-0.25, -0.2) is 9.59 Å². The van der Waals surface area contributed by atoms with Gasteiger partial charge in [-0.2, -0.15) is 8.42 Å². The van der Waals surface area contributed by atoms with Crippen LogP contribution in [0.3, 0.4) is 0 Å². The number of quaternary nitrogens is 1. The smallest absolute Gasteiger partial charge is 0.298 e. The fraction of sp³-hybridized carbons (Fsp3) is 0.600. The molecule has 1 unspecified atom stereocenters. The summed E-state index contributed by atoms with van der Waals surface area (Å²) < 4.78 is 21.0. The van der Waals surface area contributed by atoms with E-state index in [0.29, 0.717) is 0 Å². The van der Waals surface area contributed by atoms with E-state index in [4.69, 9.17) is 0 Å². The third-order valence-corrected chi connectivity index (χ3v) is 3.44. The van der Waals surface area contributed by atoms with Gasteiger partial charge in [-0.05, 0) is 0 Å². The van der Waals surface area contributed by atoms with Crippen molar-refractivity contribution >= 4 is 22.5 Å². The maximum atomic E-state index is 11.1. The van der Waals surface area contributed by atoms with Crippen LogP contribution in [0, 0.1) is 0 Å². The topological polar surface area (TPSA) is 80.3 Å². The molecular weight excluding hydrogens is 184 g/mol. The average Bonchev–Trinajstić information content (AvgIpc) is 2.30. The lowest BCUT2D eigenvalue weighted by Crippen LogP contribution is -2.53. The SMILES string of the molecule is CS(=O)(=O)[N+]1(C=O)CCNC1=O. The van der Waals surface area contributed by atoms with Gasteiger partial charge in [0.05, 0.1) is 12.8 Å². The maximum absolute atomic E-state index is 11.1. The number of amides is 3. The molecule has 0 radical (unpaired) electrons. The van der Waals surface area contributed by atoms with Crippen LogP contribution < -0.4 is 5.32 Å². The van der Waals surface area contributed by atoms with Crippen LogP contribution in [-0.4, -0.2) is 44.1 Å². The standard InChI is InChI=1S/C5H8N2O4S/c1-12(10,11)7(4-8)3-2-6-5(7)9/h4H,2-3H2,1H3/p+1. The molecule has 1 saturated heterocycles. The molecule has 1 aliphatic heterocycles. The number of nitrogens with zero attached hydrogens (tertiary/aromatic N) is 1. The van der Waals surface area contributed by atoms with E-state index < -0.39 is 19.9 Å². The van der Waals surface area contributed by atoms with Crippen molar-refractivity contribution in [3.8, 4) is 0 Å². The number of sulfonamides is 1. The Hall–Kier alpha value is -0.950. The molecule has 1 heterocycles. The summed E-state index contributed by atoms with van der Waals surface area (Å²) in [7, 11) is -3.71. The van der Waals surface area contributed by atoms with Gasteiger partial charge in [-0.3, -0.25) is 5.32 Å². The molecule has 0 aromatic heterocycles. The Morgan fingerprint density at radius 2 is 2.17 bits per heavy atom. The van der Waals surface area contributed by atoms with Crippen molar-refractivity contribution < 1.29 is 21.9 Å². The van der Waals surface area contributed by atoms with Crippen LogP contribution in [-0.2, 0) is 14.8 Å². The Bertz CT molecular complexity index is 322. The molecule has 12 heavy (non-hydrogen) atoms. The number of rotatable bonds is 2. The highest BCUT2D eigenvalue weighted by Gasteiger charge is 2.50. The first kappa shape index (κ1) is 9.14. The zero-order valence-corrected chi connectivity index (χ0v) is 7.30. The van der Waals surface area contributed by atoms with Crippen LogP contribution >= 0.6 is 0 Å². The first-order valence-corrected chi connectivity index (χ1v) is 5.11. The molecule has 1 rings (SSSR count). The summed E-state index contributed by atoms with van der Waals surface area (Å²) in [6, 6.07) is -0.771. The quantitative estimate of drug-likeness (QED) is 0.434. The van der Waals surface area contributed by atoms with Crippen LogP contribution in [0.15, 0.2) is 0 Å². The predicted octanol–water partition coefficient (Wildman–Crippen LogP) is -1.36. The largest absolute Gasteiger partial charge is 0.439 e. The number of carbonyl (C=O) groups is 2. The maximum Gasteiger partial charge on any atom is 0.439 e. The summed E-state index contributed by atoms with van der Waals surface area (Å²) in [5.74, 6) is 0. The predicted molar refractivity (Wildman–Crippen MR) is 39.4 cm³/mol. The summed E-state index contributed by atoms with van der Waals surface area (Å²) >= 11 is 0. The molecule has 1 aliphatic rings. The van der Waals surface area contributed by atoms with Crippen molar-refractivity contribution in [2.75, 3.05) is 19.3 Å². The van der Waals surface area contributed by atoms with Crippen molar-refractivity contribution in [2.45, 2.75) is 0 Å². The first-order chi connectivity index (χ1) is 5.44. The highest BCUT2D eigenvalue weighted by Crippen LogP contribution is 2.14. The molecule has 1 N–H and O–H groups in total. The Kier molecular flexibility index (Phi) is 1.92. The Morgan fingerprint density at radius 3 is 2.33 bits per heavy atom. The third-order valence-electron chi connectivity index (χ3n) is 1.83. The van der Waals surface area contributed by atoms with Gasteiger partial charge in [0.2, 0.25) is 0 Å². The van der Waals surface area contributed by atoms with Crippen LogP contribution in [0.2, 0.25) is 0 Å². The van der Waals surface area contributed by atoms with Gasteiger partial charge in [-0.1, -0.05) is 3.89 Å². The normalized spacial score (nSPS) is 29.9. The lowest BCUT2D eigenvalue weighted by molar-refractivity contribution is -0.615. The lowest BCUT2D eigenvalue weighted by atomic mass is 10.6. The molecule has 0 aromatic rings. The van der Waals surface area contributed by atoms with E-state index in [-0.39, 0.29) is 19.5 Å². The van der Waals surface area contributed by atoms with Crippen LogP contribution in [0.5, 0.6) is 0 Å². The molecular formula is C5H9N2O4S+. The minimum Gasteiger partial charge on any atom is -0.298 e. The van der Waals surface area contributed by atoms with E-state index in [1.165, 1.54) is 0 Å². The fourth-order valence-corrected chi connectivity index (χ4v) is 2.00. The summed E-state index contributed by atoms with van der Waals surface area (Å²) in [6.45, 7) is 0.186. The number of hydrogen-bond donors (Lipinski definition) is 1. The molecule has 0 aliphatic carbocycles. The lowest BCUT2D eigenvalue weighted by Gasteiger charge is -2.17. The molecule has 0 saturated carbocycles. The number of nitrogens with one attached hydrogen (secondary N) is 1.